The molecule has 1 fully saturated rings. The fourth-order valence-corrected chi connectivity index (χ4v) is 3.10. The average Bonchev–Trinajstić information content (AvgIpc) is 2.44. The van der Waals surface area contributed by atoms with Gasteiger partial charge in [0.2, 0.25) is 5.91 Å². The lowest BCUT2D eigenvalue weighted by molar-refractivity contribution is -0.118. The summed E-state index contributed by atoms with van der Waals surface area (Å²) in [6.45, 7) is 8.48. The van der Waals surface area contributed by atoms with Crippen LogP contribution in [0.2, 0.25) is 0 Å². The van der Waals surface area contributed by atoms with Gasteiger partial charge in [0, 0.05) is 23.3 Å². The topological polar surface area (TPSA) is 41.1 Å². The van der Waals surface area contributed by atoms with Crippen LogP contribution in [0.5, 0.6) is 0 Å². The molecule has 0 spiro atoms. The van der Waals surface area contributed by atoms with E-state index in [-0.39, 0.29) is 11.8 Å². The van der Waals surface area contributed by atoms with E-state index in [1.807, 2.05) is 26.0 Å². The third-order valence-electron chi connectivity index (χ3n) is 4.56. The highest BCUT2D eigenvalue weighted by Crippen LogP contribution is 2.31. The van der Waals surface area contributed by atoms with Crippen LogP contribution in [0, 0.1) is 17.8 Å². The van der Waals surface area contributed by atoms with E-state index < -0.39 is 0 Å². The summed E-state index contributed by atoms with van der Waals surface area (Å²) >= 11 is 0. The van der Waals surface area contributed by atoms with Crippen LogP contribution in [0.3, 0.4) is 0 Å². The molecule has 3 heteroatoms. The van der Waals surface area contributed by atoms with Crippen LogP contribution >= 0.6 is 0 Å². The minimum atomic E-state index is 0.00624. The van der Waals surface area contributed by atoms with Gasteiger partial charge in [-0.05, 0) is 48.9 Å². The summed E-state index contributed by atoms with van der Waals surface area (Å²) in [6.07, 6.45) is 3.97. The molecule has 0 radical (unpaired) electrons. The van der Waals surface area contributed by atoms with Gasteiger partial charge in [-0.3, -0.25) is 4.79 Å². The van der Waals surface area contributed by atoms with Crippen molar-refractivity contribution in [2.24, 2.45) is 17.8 Å². The van der Waals surface area contributed by atoms with Gasteiger partial charge in [0.05, 0.1) is 0 Å². The summed E-state index contributed by atoms with van der Waals surface area (Å²) in [4.78, 5) is 11.7. The van der Waals surface area contributed by atoms with Crippen molar-refractivity contribution in [2.75, 3.05) is 10.6 Å². The third kappa shape index (κ3) is 4.23. The summed E-state index contributed by atoms with van der Waals surface area (Å²) in [5, 5.41) is 6.59. The van der Waals surface area contributed by atoms with Crippen molar-refractivity contribution in [3.8, 4) is 0 Å². The van der Waals surface area contributed by atoms with Gasteiger partial charge in [0.15, 0.2) is 0 Å². The van der Waals surface area contributed by atoms with Crippen molar-refractivity contribution >= 4 is 17.3 Å². The Morgan fingerprint density at radius 1 is 1.05 bits per heavy atom. The second-order valence-electron chi connectivity index (χ2n) is 6.78. The molecule has 0 aromatic heterocycles. The Labute approximate surface area is 128 Å². The van der Waals surface area contributed by atoms with E-state index in [2.05, 4.69) is 36.6 Å². The maximum atomic E-state index is 11.7. The smallest absolute Gasteiger partial charge is 0.226 e. The van der Waals surface area contributed by atoms with Gasteiger partial charge in [-0.15, -0.1) is 0 Å². The standard InChI is InChI=1S/C18H28N2O/c1-12(2)18(21)20-16-10-8-15(9-11-16)19-17-13(3)6-5-7-14(17)4/h8-14,17,19H,5-7H2,1-4H3,(H,20,21). The fraction of sp³-hybridized carbons (Fsp3) is 0.611. The molecule has 1 aliphatic carbocycles. The molecule has 1 saturated carbocycles. The molecular formula is C18H28N2O. The Morgan fingerprint density at radius 3 is 2.10 bits per heavy atom. The first kappa shape index (κ1) is 15.9. The average molecular weight is 288 g/mol. The summed E-state index contributed by atoms with van der Waals surface area (Å²) in [5.41, 5.74) is 2.01. The number of anilines is 2. The van der Waals surface area contributed by atoms with E-state index in [1.165, 1.54) is 19.3 Å². The first-order valence-corrected chi connectivity index (χ1v) is 8.15. The normalized spacial score (nSPS) is 25.7. The predicted octanol–water partition coefficient (Wildman–Crippen LogP) is 4.52. The molecule has 2 rings (SSSR count). The van der Waals surface area contributed by atoms with E-state index in [0.717, 1.165) is 11.4 Å². The van der Waals surface area contributed by atoms with Crippen molar-refractivity contribution in [1.82, 2.24) is 0 Å². The second kappa shape index (κ2) is 6.97. The third-order valence-corrected chi connectivity index (χ3v) is 4.56. The Morgan fingerprint density at radius 2 is 1.57 bits per heavy atom. The monoisotopic (exact) mass is 288 g/mol. The van der Waals surface area contributed by atoms with Gasteiger partial charge in [0.25, 0.3) is 0 Å². The maximum absolute atomic E-state index is 11.7. The highest BCUT2D eigenvalue weighted by Gasteiger charge is 2.27. The Bertz CT molecular complexity index is 457. The molecule has 1 aromatic carbocycles. The first-order valence-electron chi connectivity index (χ1n) is 8.15. The number of benzene rings is 1. The van der Waals surface area contributed by atoms with Crippen LogP contribution in [0.1, 0.15) is 47.0 Å². The Balaban J connectivity index is 1.97. The zero-order valence-electron chi connectivity index (χ0n) is 13.6. The minimum Gasteiger partial charge on any atom is -0.382 e. The molecule has 116 valence electrons. The second-order valence-corrected chi connectivity index (χ2v) is 6.78. The van der Waals surface area contributed by atoms with E-state index in [9.17, 15) is 4.79 Å². The van der Waals surface area contributed by atoms with Gasteiger partial charge < -0.3 is 10.6 Å². The van der Waals surface area contributed by atoms with Crippen molar-refractivity contribution in [3.63, 3.8) is 0 Å². The lowest BCUT2D eigenvalue weighted by atomic mass is 9.78. The Kier molecular flexibility index (Phi) is 5.27. The number of hydrogen-bond acceptors (Lipinski definition) is 2. The largest absolute Gasteiger partial charge is 0.382 e. The highest BCUT2D eigenvalue weighted by atomic mass is 16.1. The molecule has 1 aromatic rings. The molecule has 1 amide bonds. The van der Waals surface area contributed by atoms with E-state index in [1.54, 1.807) is 0 Å². The zero-order chi connectivity index (χ0) is 15.4. The molecule has 1 aliphatic rings. The van der Waals surface area contributed by atoms with Crippen LogP contribution in [-0.4, -0.2) is 11.9 Å². The van der Waals surface area contributed by atoms with Crippen molar-refractivity contribution < 1.29 is 4.79 Å². The summed E-state index contributed by atoms with van der Waals surface area (Å²) < 4.78 is 0. The quantitative estimate of drug-likeness (QED) is 0.855. The SMILES string of the molecule is CC(C)C(=O)Nc1ccc(NC2C(C)CCCC2C)cc1. The number of amides is 1. The van der Waals surface area contributed by atoms with E-state index >= 15 is 0 Å². The molecule has 0 aliphatic heterocycles. The lowest BCUT2D eigenvalue weighted by Gasteiger charge is -2.36. The van der Waals surface area contributed by atoms with E-state index in [0.29, 0.717) is 17.9 Å². The molecule has 0 heterocycles. The summed E-state index contributed by atoms with van der Waals surface area (Å²) in [6, 6.07) is 8.62. The minimum absolute atomic E-state index is 0.00624. The Hall–Kier alpha value is -1.51. The number of rotatable bonds is 4. The molecule has 2 atom stereocenters. The van der Waals surface area contributed by atoms with Crippen LogP contribution in [-0.2, 0) is 4.79 Å². The molecule has 21 heavy (non-hydrogen) atoms. The van der Waals surface area contributed by atoms with Crippen LogP contribution in [0.4, 0.5) is 11.4 Å². The van der Waals surface area contributed by atoms with Gasteiger partial charge in [0.1, 0.15) is 0 Å². The number of nitrogens with one attached hydrogen (secondary N) is 2. The predicted molar refractivity (Wildman–Crippen MR) is 89.5 cm³/mol. The summed E-state index contributed by atoms with van der Waals surface area (Å²) in [7, 11) is 0. The maximum Gasteiger partial charge on any atom is 0.226 e. The molecule has 0 saturated heterocycles. The van der Waals surface area contributed by atoms with Gasteiger partial charge in [-0.1, -0.05) is 34.1 Å². The van der Waals surface area contributed by atoms with Crippen LogP contribution < -0.4 is 10.6 Å². The van der Waals surface area contributed by atoms with Crippen LogP contribution in [0.25, 0.3) is 0 Å². The molecule has 2 N–H and O–H groups in total. The van der Waals surface area contributed by atoms with Crippen LogP contribution in [0.15, 0.2) is 24.3 Å². The summed E-state index contributed by atoms with van der Waals surface area (Å²) in [5.74, 6) is 1.50. The molecule has 3 nitrogen and oxygen atoms in total. The molecule has 2 unspecified atom stereocenters. The van der Waals surface area contributed by atoms with E-state index in [4.69, 9.17) is 0 Å². The lowest BCUT2D eigenvalue weighted by Crippen LogP contribution is -2.37. The highest BCUT2D eigenvalue weighted by molar-refractivity contribution is 5.92. The van der Waals surface area contributed by atoms with Crippen molar-refractivity contribution in [1.29, 1.82) is 0 Å². The first-order chi connectivity index (χ1) is 9.97. The zero-order valence-corrected chi connectivity index (χ0v) is 13.6. The number of hydrogen-bond donors (Lipinski definition) is 2. The van der Waals surface area contributed by atoms with Crippen molar-refractivity contribution in [3.05, 3.63) is 24.3 Å². The van der Waals surface area contributed by atoms with Gasteiger partial charge in [-0.2, -0.15) is 0 Å². The molecular weight excluding hydrogens is 260 g/mol. The number of carbonyl (C=O) groups is 1. The number of carbonyl (C=O) groups excluding carboxylic acids is 1. The fourth-order valence-electron chi connectivity index (χ4n) is 3.10. The van der Waals surface area contributed by atoms with Crippen molar-refractivity contribution in [2.45, 2.75) is 53.0 Å². The van der Waals surface area contributed by atoms with Gasteiger partial charge >= 0.3 is 0 Å². The molecule has 0 bridgehead atoms. The van der Waals surface area contributed by atoms with Gasteiger partial charge in [-0.25, -0.2) is 0 Å².